The van der Waals surface area contributed by atoms with Crippen LogP contribution in [-0.2, 0) is 6.42 Å². The fourth-order valence-corrected chi connectivity index (χ4v) is 3.51. The highest BCUT2D eigenvalue weighted by atomic mass is 14.9. The van der Waals surface area contributed by atoms with E-state index in [1.807, 2.05) is 0 Å². The molecule has 140 valence electrons. The molecule has 0 heterocycles. The topological polar surface area (TPSA) is 12.0 Å². The SMILES string of the molecule is C#CCCC(=C)NC(C)Cc1cccc(C(=C)CC(C)CC(=C)C)c1C. The Hall–Kier alpha value is -2.20. The van der Waals surface area contributed by atoms with Crippen molar-refractivity contribution in [3.8, 4) is 12.3 Å². The molecule has 0 saturated carbocycles. The first-order valence-electron chi connectivity index (χ1n) is 9.53. The monoisotopic (exact) mass is 349 g/mol. The van der Waals surface area contributed by atoms with Gasteiger partial charge in [0.05, 0.1) is 0 Å². The summed E-state index contributed by atoms with van der Waals surface area (Å²) in [6, 6.07) is 6.88. The Bertz CT molecular complexity index is 687. The highest BCUT2D eigenvalue weighted by molar-refractivity contribution is 5.67. The molecule has 0 aliphatic carbocycles. The molecule has 1 heteroatoms. The maximum Gasteiger partial charge on any atom is 0.0270 e. The van der Waals surface area contributed by atoms with Gasteiger partial charge in [-0.05, 0) is 74.6 Å². The molecule has 0 saturated heterocycles. The van der Waals surface area contributed by atoms with E-state index >= 15 is 0 Å². The van der Waals surface area contributed by atoms with Crippen molar-refractivity contribution >= 4 is 5.57 Å². The Morgan fingerprint density at radius 3 is 2.50 bits per heavy atom. The molecular formula is C25H35N. The lowest BCUT2D eigenvalue weighted by molar-refractivity contribution is 0.591. The fourth-order valence-electron chi connectivity index (χ4n) is 3.51. The van der Waals surface area contributed by atoms with Crippen molar-refractivity contribution < 1.29 is 0 Å². The van der Waals surface area contributed by atoms with Crippen LogP contribution in [0.25, 0.3) is 5.57 Å². The minimum absolute atomic E-state index is 0.324. The number of rotatable bonds is 11. The Morgan fingerprint density at radius 1 is 1.19 bits per heavy atom. The predicted octanol–water partition coefficient (Wildman–Crippen LogP) is 6.45. The molecule has 1 N–H and O–H groups in total. The van der Waals surface area contributed by atoms with Gasteiger partial charge in [-0.3, -0.25) is 0 Å². The number of hydrogen-bond donors (Lipinski definition) is 1. The van der Waals surface area contributed by atoms with Crippen LogP contribution >= 0.6 is 0 Å². The van der Waals surface area contributed by atoms with Gasteiger partial charge in [-0.15, -0.1) is 18.9 Å². The van der Waals surface area contributed by atoms with Crippen LogP contribution in [0.1, 0.15) is 63.1 Å². The van der Waals surface area contributed by atoms with Gasteiger partial charge < -0.3 is 5.32 Å². The molecule has 0 fully saturated rings. The summed E-state index contributed by atoms with van der Waals surface area (Å²) in [5.74, 6) is 3.23. The maximum atomic E-state index is 5.32. The summed E-state index contributed by atoms with van der Waals surface area (Å²) in [6.07, 6.45) is 9.91. The number of nitrogens with one attached hydrogen (secondary N) is 1. The maximum absolute atomic E-state index is 5.32. The normalized spacial score (nSPS) is 12.7. The first-order valence-corrected chi connectivity index (χ1v) is 9.53. The summed E-state index contributed by atoms with van der Waals surface area (Å²) in [6.45, 7) is 21.2. The van der Waals surface area contributed by atoms with Crippen LogP contribution in [0.3, 0.4) is 0 Å². The third-order valence-electron chi connectivity index (χ3n) is 4.67. The molecule has 0 amide bonds. The number of terminal acetylenes is 1. The Kier molecular flexibility index (Phi) is 9.00. The summed E-state index contributed by atoms with van der Waals surface area (Å²) >= 11 is 0. The van der Waals surface area contributed by atoms with E-state index in [0.29, 0.717) is 12.0 Å². The minimum Gasteiger partial charge on any atom is -0.386 e. The summed E-state index contributed by atoms with van der Waals surface area (Å²) in [7, 11) is 0. The fraction of sp³-hybridized carbons (Fsp3) is 0.440. The van der Waals surface area contributed by atoms with E-state index in [2.05, 4.69) is 76.9 Å². The zero-order chi connectivity index (χ0) is 19.7. The Morgan fingerprint density at radius 2 is 1.88 bits per heavy atom. The highest BCUT2D eigenvalue weighted by Gasteiger charge is 2.12. The quantitative estimate of drug-likeness (QED) is 0.357. The molecule has 2 atom stereocenters. The second-order valence-corrected chi connectivity index (χ2v) is 7.72. The number of allylic oxidation sites excluding steroid dienone is 3. The second-order valence-electron chi connectivity index (χ2n) is 7.72. The van der Waals surface area contributed by atoms with E-state index in [1.54, 1.807) is 0 Å². The van der Waals surface area contributed by atoms with E-state index in [-0.39, 0.29) is 0 Å². The van der Waals surface area contributed by atoms with Gasteiger partial charge in [0.2, 0.25) is 0 Å². The van der Waals surface area contributed by atoms with Gasteiger partial charge in [-0.1, -0.05) is 43.9 Å². The van der Waals surface area contributed by atoms with E-state index in [4.69, 9.17) is 6.42 Å². The van der Waals surface area contributed by atoms with Crippen LogP contribution < -0.4 is 5.32 Å². The lowest BCUT2D eigenvalue weighted by atomic mass is 9.88. The van der Waals surface area contributed by atoms with Crippen LogP contribution in [0.5, 0.6) is 0 Å². The van der Waals surface area contributed by atoms with Crippen molar-refractivity contribution in [1.82, 2.24) is 5.32 Å². The highest BCUT2D eigenvalue weighted by Crippen LogP contribution is 2.28. The molecule has 26 heavy (non-hydrogen) atoms. The van der Waals surface area contributed by atoms with Crippen molar-refractivity contribution in [3.05, 3.63) is 65.9 Å². The van der Waals surface area contributed by atoms with Gasteiger partial charge in [-0.25, -0.2) is 0 Å². The number of hydrogen-bond acceptors (Lipinski definition) is 1. The van der Waals surface area contributed by atoms with Gasteiger partial charge in [0.25, 0.3) is 0 Å². The summed E-state index contributed by atoms with van der Waals surface area (Å²) in [5.41, 5.74) is 7.46. The molecule has 2 unspecified atom stereocenters. The lowest BCUT2D eigenvalue weighted by Gasteiger charge is -2.20. The molecule has 0 bridgehead atoms. The zero-order valence-corrected chi connectivity index (χ0v) is 17.1. The van der Waals surface area contributed by atoms with Gasteiger partial charge in [-0.2, -0.15) is 0 Å². The van der Waals surface area contributed by atoms with Gasteiger partial charge in [0, 0.05) is 18.2 Å². The summed E-state index contributed by atoms with van der Waals surface area (Å²) in [4.78, 5) is 0. The van der Waals surface area contributed by atoms with Crippen molar-refractivity contribution in [3.63, 3.8) is 0 Å². The standard InChI is InChI=1S/C25H35N/c1-9-10-12-21(6)26-22(7)17-24-13-11-14-25(23(24)8)20(5)16-19(4)15-18(2)3/h1,11,13-14,19,22,26H,2,5-6,10,12,15-17H2,3-4,7-8H3. The predicted molar refractivity (Wildman–Crippen MR) is 117 cm³/mol. The Balaban J connectivity index is 2.76. The molecule has 1 aromatic carbocycles. The van der Waals surface area contributed by atoms with Crippen molar-refractivity contribution in [2.24, 2.45) is 5.92 Å². The molecule has 1 nitrogen and oxygen atoms in total. The minimum atomic E-state index is 0.324. The van der Waals surface area contributed by atoms with Gasteiger partial charge in [0.1, 0.15) is 0 Å². The first kappa shape index (κ1) is 21.8. The Labute approximate surface area is 161 Å². The summed E-state index contributed by atoms with van der Waals surface area (Å²) in [5, 5.41) is 3.47. The van der Waals surface area contributed by atoms with Gasteiger partial charge >= 0.3 is 0 Å². The molecule has 0 spiro atoms. The molecule has 0 aromatic heterocycles. The van der Waals surface area contributed by atoms with E-state index < -0.39 is 0 Å². The molecule has 1 rings (SSSR count). The molecule has 0 radical (unpaired) electrons. The smallest absolute Gasteiger partial charge is 0.0270 e. The van der Waals surface area contributed by atoms with Crippen LogP contribution in [-0.4, -0.2) is 6.04 Å². The lowest BCUT2D eigenvalue weighted by Crippen LogP contribution is -2.27. The van der Waals surface area contributed by atoms with Crippen molar-refractivity contribution in [1.29, 1.82) is 0 Å². The van der Waals surface area contributed by atoms with Crippen LogP contribution in [0, 0.1) is 25.2 Å². The van der Waals surface area contributed by atoms with Crippen LogP contribution in [0.4, 0.5) is 0 Å². The molecular weight excluding hydrogens is 314 g/mol. The van der Waals surface area contributed by atoms with E-state index in [0.717, 1.165) is 37.8 Å². The van der Waals surface area contributed by atoms with Crippen molar-refractivity contribution in [2.45, 2.75) is 65.8 Å². The molecule has 0 aliphatic rings. The third-order valence-corrected chi connectivity index (χ3v) is 4.67. The first-order chi connectivity index (χ1) is 12.2. The molecule has 0 aliphatic heterocycles. The zero-order valence-electron chi connectivity index (χ0n) is 17.1. The second kappa shape index (κ2) is 10.7. The average molecular weight is 350 g/mol. The van der Waals surface area contributed by atoms with Gasteiger partial charge in [0.15, 0.2) is 0 Å². The van der Waals surface area contributed by atoms with Crippen molar-refractivity contribution in [2.75, 3.05) is 0 Å². The van der Waals surface area contributed by atoms with Crippen LogP contribution in [0.15, 0.2) is 49.2 Å². The van der Waals surface area contributed by atoms with E-state index in [1.165, 1.54) is 27.8 Å². The number of benzene rings is 1. The largest absolute Gasteiger partial charge is 0.386 e. The average Bonchev–Trinajstić information content (AvgIpc) is 2.53. The summed E-state index contributed by atoms with van der Waals surface area (Å²) < 4.78 is 0. The van der Waals surface area contributed by atoms with E-state index in [9.17, 15) is 0 Å². The van der Waals surface area contributed by atoms with Crippen LogP contribution in [0.2, 0.25) is 0 Å². The molecule has 1 aromatic rings. The third kappa shape index (κ3) is 7.36.